The summed E-state index contributed by atoms with van der Waals surface area (Å²) in [6.45, 7) is 2.85. The average molecular weight is 168 g/mol. The van der Waals surface area contributed by atoms with E-state index in [-0.39, 0.29) is 5.78 Å². The second kappa shape index (κ2) is 5.06. The lowest BCUT2D eigenvalue weighted by molar-refractivity contribution is -0.119. The van der Waals surface area contributed by atoms with Crippen molar-refractivity contribution in [2.24, 2.45) is 0 Å². The number of nitrogens with zero attached hydrogens (tertiary/aromatic N) is 1. The van der Waals surface area contributed by atoms with Crippen LogP contribution >= 0.6 is 0 Å². The Hall–Kier alpha value is -0.670. The third-order valence-electron chi connectivity index (χ3n) is 1.84. The number of likely N-dealkylation sites (N-methyl/N-ethyl adjacent to an activating group) is 1. The first-order valence-corrected chi connectivity index (χ1v) is 4.35. The fourth-order valence-corrected chi connectivity index (χ4v) is 1.21. The highest BCUT2D eigenvalue weighted by Gasteiger charge is 2.05. The molecule has 1 heterocycles. The molecular weight excluding hydrogens is 152 g/mol. The van der Waals surface area contributed by atoms with Gasteiger partial charge in [-0.1, -0.05) is 12.2 Å². The van der Waals surface area contributed by atoms with Crippen molar-refractivity contribution in [3.8, 4) is 0 Å². The molecule has 0 saturated heterocycles. The Morgan fingerprint density at radius 3 is 3.17 bits per heavy atom. The molecule has 3 nitrogen and oxygen atoms in total. The van der Waals surface area contributed by atoms with Crippen LogP contribution in [-0.4, -0.2) is 43.9 Å². The summed E-state index contributed by atoms with van der Waals surface area (Å²) < 4.78 is 0. The highest BCUT2D eigenvalue weighted by Crippen LogP contribution is 1.89. The summed E-state index contributed by atoms with van der Waals surface area (Å²) in [6.07, 6.45) is 5.28. The molecule has 0 unspecified atom stereocenters. The molecule has 0 aliphatic carbocycles. The zero-order valence-corrected chi connectivity index (χ0v) is 7.55. The van der Waals surface area contributed by atoms with E-state index in [1.807, 2.05) is 11.9 Å². The largest absolute Gasteiger partial charge is 0.310 e. The average Bonchev–Trinajstić information content (AvgIpc) is 2.02. The third-order valence-corrected chi connectivity index (χ3v) is 1.84. The molecule has 1 aliphatic heterocycles. The van der Waals surface area contributed by atoms with Crippen LogP contribution < -0.4 is 5.32 Å². The number of rotatable bonds is 0. The van der Waals surface area contributed by atoms with Gasteiger partial charge in [-0.25, -0.2) is 0 Å². The molecular formula is C9H16N2O. The van der Waals surface area contributed by atoms with Crippen LogP contribution in [0.25, 0.3) is 0 Å². The van der Waals surface area contributed by atoms with Gasteiger partial charge in [0, 0.05) is 6.54 Å². The van der Waals surface area contributed by atoms with Gasteiger partial charge in [-0.3, -0.25) is 9.69 Å². The number of carbonyl (C=O) groups is 1. The number of nitrogens with one attached hydrogen (secondary N) is 1. The Bertz CT molecular complexity index is 177. The van der Waals surface area contributed by atoms with Crippen molar-refractivity contribution in [3.05, 3.63) is 12.2 Å². The quantitative estimate of drug-likeness (QED) is 0.518. The van der Waals surface area contributed by atoms with E-state index >= 15 is 0 Å². The fourth-order valence-electron chi connectivity index (χ4n) is 1.21. The molecule has 0 radical (unpaired) electrons. The van der Waals surface area contributed by atoms with Gasteiger partial charge >= 0.3 is 0 Å². The van der Waals surface area contributed by atoms with Crippen LogP contribution in [0, 0.1) is 0 Å². The molecule has 0 spiro atoms. The van der Waals surface area contributed by atoms with Gasteiger partial charge in [-0.05, 0) is 20.0 Å². The Morgan fingerprint density at radius 2 is 2.33 bits per heavy atom. The molecule has 0 atom stereocenters. The zero-order valence-electron chi connectivity index (χ0n) is 7.55. The van der Waals surface area contributed by atoms with Gasteiger partial charge < -0.3 is 5.32 Å². The summed E-state index contributed by atoms with van der Waals surface area (Å²) in [5, 5.41) is 3.10. The van der Waals surface area contributed by atoms with Gasteiger partial charge in [0.1, 0.15) is 0 Å². The Balaban J connectivity index is 2.41. The van der Waals surface area contributed by atoms with Crippen molar-refractivity contribution in [1.82, 2.24) is 10.2 Å². The first-order chi connectivity index (χ1) is 5.79. The molecule has 0 aromatic rings. The minimum absolute atomic E-state index is 0.271. The normalized spacial score (nSPS) is 25.2. The molecule has 1 aliphatic rings. The standard InChI is InChI=1S/C9H16N2O/c1-11-6-4-2-3-5-10-7-9(12)8-11/h2,4,10H,3,5-8H2,1H3/b4-2-. The van der Waals surface area contributed by atoms with Crippen molar-refractivity contribution in [3.63, 3.8) is 0 Å². The van der Waals surface area contributed by atoms with Crippen LogP contribution in [0.3, 0.4) is 0 Å². The van der Waals surface area contributed by atoms with Crippen molar-refractivity contribution in [2.75, 3.05) is 33.2 Å². The molecule has 0 fully saturated rings. The second-order valence-corrected chi connectivity index (χ2v) is 3.17. The minimum Gasteiger partial charge on any atom is -0.310 e. The molecule has 68 valence electrons. The monoisotopic (exact) mass is 168 g/mol. The SMILES string of the molecule is CN1C/C=C\CCNCC(=O)C1. The number of hydrogen-bond donors (Lipinski definition) is 1. The first-order valence-electron chi connectivity index (χ1n) is 4.35. The van der Waals surface area contributed by atoms with E-state index in [0.29, 0.717) is 13.1 Å². The summed E-state index contributed by atoms with van der Waals surface area (Å²) in [7, 11) is 1.96. The Morgan fingerprint density at radius 1 is 1.50 bits per heavy atom. The highest BCUT2D eigenvalue weighted by molar-refractivity contribution is 5.82. The summed E-state index contributed by atoms with van der Waals surface area (Å²) in [5.41, 5.74) is 0. The minimum atomic E-state index is 0.271. The number of carbonyl (C=O) groups excluding carboxylic acids is 1. The van der Waals surface area contributed by atoms with Crippen LogP contribution in [0.15, 0.2) is 12.2 Å². The molecule has 0 bridgehead atoms. The van der Waals surface area contributed by atoms with Gasteiger partial charge in [0.25, 0.3) is 0 Å². The van der Waals surface area contributed by atoms with Gasteiger partial charge in [0.2, 0.25) is 0 Å². The molecule has 3 heteroatoms. The first kappa shape index (κ1) is 9.42. The lowest BCUT2D eigenvalue weighted by atomic mass is 10.3. The van der Waals surface area contributed by atoms with Crippen molar-refractivity contribution >= 4 is 5.78 Å². The van der Waals surface area contributed by atoms with Crippen LogP contribution in [0.2, 0.25) is 0 Å². The molecule has 0 saturated carbocycles. The Kier molecular flexibility index (Phi) is 3.97. The van der Waals surface area contributed by atoms with Crippen LogP contribution in [-0.2, 0) is 4.79 Å². The van der Waals surface area contributed by atoms with Gasteiger partial charge in [-0.2, -0.15) is 0 Å². The van der Waals surface area contributed by atoms with Gasteiger partial charge in [-0.15, -0.1) is 0 Å². The lowest BCUT2D eigenvalue weighted by Crippen LogP contribution is -2.33. The molecule has 1 N–H and O–H groups in total. The number of ketones is 1. The lowest BCUT2D eigenvalue weighted by Gasteiger charge is -2.14. The maximum absolute atomic E-state index is 11.2. The third kappa shape index (κ3) is 3.64. The smallest absolute Gasteiger partial charge is 0.160 e. The number of Topliss-reactive ketones (excluding diaryl/α,β-unsaturated/α-hetero) is 1. The highest BCUT2D eigenvalue weighted by atomic mass is 16.1. The van der Waals surface area contributed by atoms with E-state index in [1.165, 1.54) is 0 Å². The maximum atomic E-state index is 11.2. The zero-order chi connectivity index (χ0) is 8.81. The Labute approximate surface area is 73.4 Å². The van der Waals surface area contributed by atoms with Gasteiger partial charge in [0.15, 0.2) is 5.78 Å². The molecule has 12 heavy (non-hydrogen) atoms. The summed E-state index contributed by atoms with van der Waals surface area (Å²) in [4.78, 5) is 13.2. The van der Waals surface area contributed by atoms with Crippen molar-refractivity contribution < 1.29 is 4.79 Å². The van der Waals surface area contributed by atoms with Crippen molar-refractivity contribution in [2.45, 2.75) is 6.42 Å². The summed E-state index contributed by atoms with van der Waals surface area (Å²) in [6, 6.07) is 0. The van der Waals surface area contributed by atoms with Crippen LogP contribution in [0.1, 0.15) is 6.42 Å². The predicted octanol–water partition coefficient (Wildman–Crippen LogP) is 0.0368. The van der Waals surface area contributed by atoms with E-state index in [2.05, 4.69) is 17.5 Å². The molecule has 0 amide bonds. The maximum Gasteiger partial charge on any atom is 0.160 e. The molecule has 1 rings (SSSR count). The van der Waals surface area contributed by atoms with E-state index in [0.717, 1.165) is 19.5 Å². The molecule has 0 aromatic carbocycles. The van der Waals surface area contributed by atoms with Crippen LogP contribution in [0.5, 0.6) is 0 Å². The van der Waals surface area contributed by atoms with E-state index in [1.54, 1.807) is 0 Å². The summed E-state index contributed by atoms with van der Waals surface area (Å²) >= 11 is 0. The van der Waals surface area contributed by atoms with E-state index < -0.39 is 0 Å². The second-order valence-electron chi connectivity index (χ2n) is 3.17. The predicted molar refractivity (Wildman–Crippen MR) is 49.1 cm³/mol. The topological polar surface area (TPSA) is 32.3 Å². The fraction of sp³-hybridized carbons (Fsp3) is 0.667. The van der Waals surface area contributed by atoms with Crippen LogP contribution in [0.4, 0.5) is 0 Å². The van der Waals surface area contributed by atoms with E-state index in [4.69, 9.17) is 0 Å². The van der Waals surface area contributed by atoms with E-state index in [9.17, 15) is 4.79 Å². The number of hydrogen-bond acceptors (Lipinski definition) is 3. The summed E-state index contributed by atoms with van der Waals surface area (Å²) in [5.74, 6) is 0.271. The van der Waals surface area contributed by atoms with Crippen molar-refractivity contribution in [1.29, 1.82) is 0 Å². The molecule has 0 aromatic heterocycles. The van der Waals surface area contributed by atoms with Gasteiger partial charge in [0.05, 0.1) is 13.1 Å².